The van der Waals surface area contributed by atoms with E-state index in [9.17, 15) is 37.9 Å². The van der Waals surface area contributed by atoms with Gasteiger partial charge in [-0.3, -0.25) is 28.7 Å². The molecule has 3 amide bonds. The third-order valence-electron chi connectivity index (χ3n) is 8.26. The molecule has 7 rings (SSSR count). The van der Waals surface area contributed by atoms with Crippen LogP contribution in [-0.2, 0) is 29.3 Å². The van der Waals surface area contributed by atoms with Crippen LogP contribution in [0, 0.1) is 11.6 Å². The van der Waals surface area contributed by atoms with Gasteiger partial charge in [0.05, 0.1) is 23.7 Å². The molecule has 0 atom stereocenters. The van der Waals surface area contributed by atoms with Crippen LogP contribution in [0.3, 0.4) is 0 Å². The molecule has 280 valence electrons. The van der Waals surface area contributed by atoms with Crippen LogP contribution in [0.15, 0.2) is 90.0 Å². The number of carbonyl (C=O) groups excluding carboxylic acids is 4. The minimum atomic E-state index is -0.687. The fraction of sp³-hybridized carbons (Fsp3) is 0.237. The standard InChI is InChI=1S/C20H20FN3O4.C17H12FN3O3.CH3O.Na/c1-13(2)28-20(27)18-16(4-3-9-22-18)19(26)24-11-17(25)23(12-24)10-14-5-7-15(21)8-6-14;18-11-5-3-10(4-6-11)8-20-9-21-14(17(20)24)15(22)13-12(16(21)23)2-1-7-19-13;1-2;/h3-9,13H,10-12H2,1-2H3;1-7,22H,8-9H2;1H3;/q;;-1;+1. The van der Waals surface area contributed by atoms with Crippen molar-refractivity contribution in [2.75, 3.05) is 20.3 Å². The Morgan fingerprint density at radius 1 is 0.836 bits per heavy atom. The van der Waals surface area contributed by atoms with E-state index >= 15 is 0 Å². The van der Waals surface area contributed by atoms with Gasteiger partial charge in [-0.1, -0.05) is 24.3 Å². The van der Waals surface area contributed by atoms with Crippen molar-refractivity contribution in [1.82, 2.24) is 29.2 Å². The Kier molecular flexibility index (Phi) is 14.3. The summed E-state index contributed by atoms with van der Waals surface area (Å²) in [5, 5.41) is 18.9. The maximum Gasteiger partial charge on any atom is 1.00 e. The normalized spacial score (nSPS) is 13.1. The number of aromatic nitrogens is 3. The van der Waals surface area contributed by atoms with Gasteiger partial charge in [0.2, 0.25) is 5.91 Å². The number of amides is 3. The van der Waals surface area contributed by atoms with Crippen LogP contribution in [0.1, 0.15) is 56.3 Å². The molecule has 0 radical (unpaired) electrons. The predicted molar refractivity (Wildman–Crippen MR) is 188 cm³/mol. The quantitative estimate of drug-likeness (QED) is 0.176. The van der Waals surface area contributed by atoms with Crippen molar-refractivity contribution in [2.24, 2.45) is 0 Å². The molecule has 1 saturated heterocycles. The zero-order valence-electron chi connectivity index (χ0n) is 30.4. The first kappa shape index (κ1) is 42.2. The smallest absolute Gasteiger partial charge is 0.857 e. The molecule has 0 unspecified atom stereocenters. The molecule has 0 saturated carbocycles. The maximum absolute atomic E-state index is 13.0. The number of ether oxygens (including phenoxy) is 1. The van der Waals surface area contributed by atoms with Crippen LogP contribution in [0.2, 0.25) is 0 Å². The number of benzene rings is 2. The van der Waals surface area contributed by atoms with E-state index < -0.39 is 17.8 Å². The Morgan fingerprint density at radius 2 is 1.40 bits per heavy atom. The van der Waals surface area contributed by atoms with E-state index in [2.05, 4.69) is 9.97 Å². The van der Waals surface area contributed by atoms with Gasteiger partial charge in [0.25, 0.3) is 17.4 Å². The molecule has 2 aliphatic heterocycles. The molecule has 5 heterocycles. The summed E-state index contributed by atoms with van der Waals surface area (Å²) in [7, 11) is 0.750. The number of hydrogen-bond donors (Lipinski definition) is 1. The summed E-state index contributed by atoms with van der Waals surface area (Å²) >= 11 is 0. The van der Waals surface area contributed by atoms with Gasteiger partial charge in [0, 0.05) is 25.5 Å². The Morgan fingerprint density at radius 3 is 2.00 bits per heavy atom. The summed E-state index contributed by atoms with van der Waals surface area (Å²) in [5.41, 5.74) is 1.18. The average molecular weight is 765 g/mol. The van der Waals surface area contributed by atoms with Gasteiger partial charge in [0.15, 0.2) is 17.1 Å². The van der Waals surface area contributed by atoms with Crippen molar-refractivity contribution < 1.29 is 72.5 Å². The predicted octanol–water partition coefficient (Wildman–Crippen LogP) is 0.0632. The molecule has 0 aliphatic carbocycles. The number of halogens is 2. The molecule has 2 aromatic carbocycles. The molecule has 1 N–H and O–H groups in total. The third-order valence-corrected chi connectivity index (χ3v) is 8.26. The van der Waals surface area contributed by atoms with Gasteiger partial charge in [0.1, 0.15) is 30.4 Å². The van der Waals surface area contributed by atoms with Crippen molar-refractivity contribution in [3.63, 3.8) is 0 Å². The van der Waals surface area contributed by atoms with E-state index in [1.165, 1.54) is 62.0 Å². The Balaban J connectivity index is 0.000000232. The number of carbonyl (C=O) groups is 4. The Hall–Kier alpha value is -5.55. The Bertz CT molecular complexity index is 2250. The monoisotopic (exact) mass is 764 g/mol. The number of nitrogens with zero attached hydrogens (tertiary/aromatic N) is 6. The van der Waals surface area contributed by atoms with Gasteiger partial charge in [-0.25, -0.2) is 18.6 Å². The number of hydrogen-bond acceptors (Lipinski definition) is 10. The third kappa shape index (κ3) is 9.58. The fourth-order valence-corrected chi connectivity index (χ4v) is 5.79. The summed E-state index contributed by atoms with van der Waals surface area (Å²) in [6, 6.07) is 17.8. The first-order valence-electron chi connectivity index (χ1n) is 16.5. The van der Waals surface area contributed by atoms with Crippen molar-refractivity contribution >= 4 is 34.6 Å². The molecular weight excluding hydrogens is 729 g/mol. The molecule has 3 aromatic heterocycles. The second kappa shape index (κ2) is 18.7. The minimum absolute atomic E-state index is 0. The van der Waals surface area contributed by atoms with Crippen molar-refractivity contribution in [2.45, 2.75) is 39.7 Å². The van der Waals surface area contributed by atoms with Crippen molar-refractivity contribution in [1.29, 1.82) is 0 Å². The number of rotatable bonds is 7. The minimum Gasteiger partial charge on any atom is -0.857 e. The van der Waals surface area contributed by atoms with Crippen LogP contribution >= 0.6 is 0 Å². The van der Waals surface area contributed by atoms with Crippen LogP contribution in [0.25, 0.3) is 10.9 Å². The number of esters is 1. The topological polar surface area (TPSA) is 178 Å². The van der Waals surface area contributed by atoms with Gasteiger partial charge >= 0.3 is 35.5 Å². The molecule has 14 nitrogen and oxygen atoms in total. The number of pyridine rings is 3. The zero-order chi connectivity index (χ0) is 39.1. The van der Waals surface area contributed by atoms with Crippen LogP contribution in [-0.4, -0.2) is 84.5 Å². The first-order valence-corrected chi connectivity index (χ1v) is 16.5. The zero-order valence-corrected chi connectivity index (χ0v) is 32.4. The Labute approximate surface area is 335 Å². The summed E-state index contributed by atoms with van der Waals surface area (Å²) in [5.74, 6) is -2.86. The van der Waals surface area contributed by atoms with E-state index in [1.807, 2.05) is 0 Å². The molecule has 17 heteroatoms. The molecule has 0 spiro atoms. The summed E-state index contributed by atoms with van der Waals surface area (Å²) in [6.45, 7) is 3.88. The van der Waals surface area contributed by atoms with E-state index in [-0.39, 0.29) is 125 Å². The van der Waals surface area contributed by atoms with Gasteiger partial charge in [-0.2, -0.15) is 7.11 Å². The number of aromatic hydroxyl groups is 1. The summed E-state index contributed by atoms with van der Waals surface area (Å²) in [6.07, 6.45) is 2.51. The maximum atomic E-state index is 13.0. The van der Waals surface area contributed by atoms with Crippen molar-refractivity contribution in [3.8, 4) is 5.75 Å². The van der Waals surface area contributed by atoms with E-state index in [4.69, 9.17) is 9.84 Å². The SMILES string of the molecule is CC(C)OC(=O)c1ncccc1C(=O)N1CC(=O)N(Cc2ccc(F)cc2)C1.C[O-].O=C1c2c(O)c3ncccc3c(=O)n2CN1Cc1ccc(F)cc1.[Na+]. The molecule has 0 bridgehead atoms. The van der Waals surface area contributed by atoms with Gasteiger partial charge in [-0.05, 0) is 73.5 Å². The van der Waals surface area contributed by atoms with Gasteiger partial charge < -0.3 is 29.6 Å². The molecule has 2 aliphatic rings. The van der Waals surface area contributed by atoms with E-state index in [0.29, 0.717) is 0 Å². The van der Waals surface area contributed by atoms with E-state index in [1.54, 1.807) is 56.3 Å². The van der Waals surface area contributed by atoms with Crippen LogP contribution in [0.4, 0.5) is 8.78 Å². The summed E-state index contributed by atoms with van der Waals surface area (Å²) in [4.78, 5) is 74.8. The second-order valence-electron chi connectivity index (χ2n) is 12.3. The van der Waals surface area contributed by atoms with Crippen molar-refractivity contribution in [3.05, 3.63) is 135 Å². The molecular formula is C38H35F2N6NaO8. The van der Waals surface area contributed by atoms with Crippen LogP contribution < -0.4 is 40.2 Å². The molecule has 1 fully saturated rings. The van der Waals surface area contributed by atoms with Gasteiger partial charge in [-0.15, -0.1) is 0 Å². The number of fused-ring (bicyclic) bond motifs is 2. The first-order chi connectivity index (χ1) is 25.9. The summed E-state index contributed by atoms with van der Waals surface area (Å²) < 4.78 is 32.4. The molecule has 5 aromatic rings. The van der Waals surface area contributed by atoms with E-state index in [0.717, 1.165) is 18.2 Å². The average Bonchev–Trinajstić information content (AvgIpc) is 3.71. The van der Waals surface area contributed by atoms with Crippen LogP contribution in [0.5, 0.6) is 5.75 Å². The fourth-order valence-electron chi connectivity index (χ4n) is 5.79. The second-order valence-corrected chi connectivity index (χ2v) is 12.3. The largest absolute Gasteiger partial charge is 1.00 e. The molecule has 55 heavy (non-hydrogen) atoms.